The van der Waals surface area contributed by atoms with Crippen LogP contribution in [0.4, 0.5) is 0 Å². The average Bonchev–Trinajstić information content (AvgIpc) is 2.03. The summed E-state index contributed by atoms with van der Waals surface area (Å²) in [5, 5.41) is 9.14. The maximum Gasteiger partial charge on any atom is 0.177 e. The summed E-state index contributed by atoms with van der Waals surface area (Å²) in [6.07, 6.45) is 1.38. The van der Waals surface area contributed by atoms with Crippen LogP contribution >= 0.6 is 0 Å². The first kappa shape index (κ1) is 7.36. The average molecular weight is 146 g/mol. The zero-order valence-electron chi connectivity index (χ0n) is 5.74. The van der Waals surface area contributed by atoms with Gasteiger partial charge >= 0.3 is 0 Å². The molecular formula is C9H6O2. The summed E-state index contributed by atoms with van der Waals surface area (Å²) in [7, 11) is 0. The van der Waals surface area contributed by atoms with Gasteiger partial charge in [0.2, 0.25) is 0 Å². The highest BCUT2D eigenvalue weighted by atomic mass is 16.3. The van der Waals surface area contributed by atoms with Crippen molar-refractivity contribution >= 4 is 12.0 Å². The summed E-state index contributed by atoms with van der Waals surface area (Å²) in [6, 6.07) is 6.69. The van der Waals surface area contributed by atoms with Crippen LogP contribution in [0, 0.1) is 0 Å². The number of aromatic hydroxyl groups is 1. The van der Waals surface area contributed by atoms with E-state index in [9.17, 15) is 4.79 Å². The number of phenolic OH excluding ortho intramolecular Hbond substituents is 1. The fourth-order valence-electron chi connectivity index (χ4n) is 0.717. The Morgan fingerprint density at radius 2 is 2.09 bits per heavy atom. The van der Waals surface area contributed by atoms with Crippen molar-refractivity contribution in [2.45, 2.75) is 0 Å². The minimum absolute atomic E-state index is 0.134. The Bertz CT molecular complexity index is 329. The number of para-hydroxylation sites is 1. The topological polar surface area (TPSA) is 37.3 Å². The van der Waals surface area contributed by atoms with Crippen LogP contribution in [0.1, 0.15) is 5.56 Å². The van der Waals surface area contributed by atoms with Crippen LogP contribution in [-0.2, 0) is 4.79 Å². The van der Waals surface area contributed by atoms with Gasteiger partial charge in [0.05, 0.1) is 0 Å². The Balaban J connectivity index is 3.14. The van der Waals surface area contributed by atoms with E-state index in [4.69, 9.17) is 5.11 Å². The van der Waals surface area contributed by atoms with Gasteiger partial charge in [0.15, 0.2) is 5.94 Å². The Morgan fingerprint density at radius 3 is 2.73 bits per heavy atom. The molecule has 0 atom stereocenters. The van der Waals surface area contributed by atoms with Crippen LogP contribution in [0.3, 0.4) is 0 Å². The molecule has 0 aliphatic heterocycles. The molecule has 0 heterocycles. The van der Waals surface area contributed by atoms with E-state index in [0.717, 1.165) is 0 Å². The molecule has 0 saturated heterocycles. The van der Waals surface area contributed by atoms with Crippen molar-refractivity contribution in [3.8, 4) is 5.75 Å². The predicted molar refractivity (Wildman–Crippen MR) is 41.8 cm³/mol. The zero-order valence-corrected chi connectivity index (χ0v) is 5.74. The summed E-state index contributed by atoms with van der Waals surface area (Å²) < 4.78 is 0. The number of hydrogen-bond acceptors (Lipinski definition) is 2. The first-order valence-electron chi connectivity index (χ1n) is 3.08. The summed E-state index contributed by atoms with van der Waals surface area (Å²) in [6.45, 7) is 0. The second-order valence-electron chi connectivity index (χ2n) is 1.95. The molecule has 1 N–H and O–H groups in total. The van der Waals surface area contributed by atoms with Crippen LogP contribution in [0.15, 0.2) is 30.0 Å². The molecule has 0 unspecified atom stereocenters. The van der Waals surface area contributed by atoms with Gasteiger partial charge in [-0.05, 0) is 11.8 Å². The molecule has 1 aromatic carbocycles. The molecule has 2 nitrogen and oxygen atoms in total. The SMILES string of the molecule is O=C=C=Cc1ccccc1O. The van der Waals surface area contributed by atoms with Gasteiger partial charge < -0.3 is 5.11 Å². The van der Waals surface area contributed by atoms with Crippen molar-refractivity contribution in [1.82, 2.24) is 0 Å². The minimum Gasteiger partial charge on any atom is -0.507 e. The fraction of sp³-hybridized carbons (Fsp3) is 0. The van der Waals surface area contributed by atoms with Gasteiger partial charge in [0.1, 0.15) is 5.75 Å². The molecule has 0 aliphatic rings. The maximum absolute atomic E-state index is 9.74. The number of rotatable bonds is 1. The van der Waals surface area contributed by atoms with Crippen LogP contribution in [-0.4, -0.2) is 11.0 Å². The molecule has 54 valence electrons. The molecule has 0 fully saturated rings. The minimum atomic E-state index is 0.134. The van der Waals surface area contributed by atoms with E-state index in [-0.39, 0.29) is 5.75 Å². The normalized spacial score (nSPS) is 8.00. The fourth-order valence-corrected chi connectivity index (χ4v) is 0.717. The van der Waals surface area contributed by atoms with Crippen molar-refractivity contribution < 1.29 is 9.90 Å². The van der Waals surface area contributed by atoms with Crippen LogP contribution < -0.4 is 0 Å². The quantitative estimate of drug-likeness (QED) is 0.480. The van der Waals surface area contributed by atoms with E-state index in [2.05, 4.69) is 5.73 Å². The third kappa shape index (κ3) is 1.84. The number of phenols is 1. The smallest absolute Gasteiger partial charge is 0.177 e. The van der Waals surface area contributed by atoms with Crippen molar-refractivity contribution in [2.24, 2.45) is 0 Å². The first-order valence-corrected chi connectivity index (χ1v) is 3.08. The summed E-state index contributed by atoms with van der Waals surface area (Å²) in [5.41, 5.74) is 2.78. The Hall–Kier alpha value is -1.75. The molecule has 0 spiro atoms. The molecule has 11 heavy (non-hydrogen) atoms. The van der Waals surface area contributed by atoms with Gasteiger partial charge in [-0.3, -0.25) is 0 Å². The molecule has 1 rings (SSSR count). The van der Waals surface area contributed by atoms with E-state index < -0.39 is 0 Å². The third-order valence-electron chi connectivity index (χ3n) is 1.22. The van der Waals surface area contributed by atoms with E-state index in [0.29, 0.717) is 5.56 Å². The maximum atomic E-state index is 9.74. The summed E-state index contributed by atoms with van der Waals surface area (Å²) in [5.74, 6) is 1.61. The highest BCUT2D eigenvalue weighted by Gasteiger charge is 1.91. The standard InChI is InChI=1S/C9H6O2/c10-7-3-5-8-4-1-2-6-9(8)11/h1-2,4-6,11H. The largest absolute Gasteiger partial charge is 0.507 e. The zero-order chi connectivity index (χ0) is 8.10. The van der Waals surface area contributed by atoms with Crippen LogP contribution in [0.5, 0.6) is 5.75 Å². The molecule has 0 aliphatic carbocycles. The van der Waals surface area contributed by atoms with Crippen molar-refractivity contribution in [1.29, 1.82) is 0 Å². The monoisotopic (exact) mass is 146 g/mol. The van der Waals surface area contributed by atoms with E-state index in [1.165, 1.54) is 18.1 Å². The molecule has 1 aromatic rings. The Labute approximate surface area is 64.1 Å². The van der Waals surface area contributed by atoms with Crippen molar-refractivity contribution in [3.05, 3.63) is 35.6 Å². The van der Waals surface area contributed by atoms with Crippen LogP contribution in [0.25, 0.3) is 6.08 Å². The van der Waals surface area contributed by atoms with Gasteiger partial charge in [-0.25, -0.2) is 4.79 Å². The molecular weight excluding hydrogens is 140 g/mol. The molecule has 2 heteroatoms. The van der Waals surface area contributed by atoms with Gasteiger partial charge in [0.25, 0.3) is 0 Å². The lowest BCUT2D eigenvalue weighted by atomic mass is 10.2. The molecule has 0 bridgehead atoms. The van der Waals surface area contributed by atoms with E-state index >= 15 is 0 Å². The third-order valence-corrected chi connectivity index (χ3v) is 1.22. The highest BCUT2D eigenvalue weighted by Crippen LogP contribution is 2.15. The molecule has 0 amide bonds. The van der Waals surface area contributed by atoms with Crippen LogP contribution in [0.2, 0.25) is 0 Å². The highest BCUT2D eigenvalue weighted by molar-refractivity contribution is 5.62. The van der Waals surface area contributed by atoms with Gasteiger partial charge in [-0.15, -0.1) is 0 Å². The lowest BCUT2D eigenvalue weighted by Gasteiger charge is -1.93. The second-order valence-corrected chi connectivity index (χ2v) is 1.95. The van der Waals surface area contributed by atoms with E-state index in [1.54, 1.807) is 18.2 Å². The lowest BCUT2D eigenvalue weighted by molar-refractivity contribution is 0.474. The summed E-state index contributed by atoms with van der Waals surface area (Å²) in [4.78, 5) is 9.74. The molecule has 0 saturated carbocycles. The number of benzene rings is 1. The predicted octanol–water partition coefficient (Wildman–Crippen LogP) is 1.39. The van der Waals surface area contributed by atoms with Crippen molar-refractivity contribution in [3.63, 3.8) is 0 Å². The lowest BCUT2D eigenvalue weighted by Crippen LogP contribution is -1.70. The number of hydrogen-bond donors (Lipinski definition) is 1. The van der Waals surface area contributed by atoms with Gasteiger partial charge in [0, 0.05) is 11.6 Å². The van der Waals surface area contributed by atoms with Gasteiger partial charge in [-0.1, -0.05) is 18.2 Å². The van der Waals surface area contributed by atoms with Gasteiger partial charge in [-0.2, -0.15) is 0 Å². The second kappa shape index (κ2) is 3.43. The molecule has 0 aromatic heterocycles. The van der Waals surface area contributed by atoms with Crippen molar-refractivity contribution in [2.75, 3.05) is 0 Å². The number of carbonyl (C=O) groups excluding carboxylic acids is 1. The first-order chi connectivity index (χ1) is 5.34. The Morgan fingerprint density at radius 1 is 1.36 bits per heavy atom. The molecule has 0 radical (unpaired) electrons. The Kier molecular flexibility index (Phi) is 2.29. The van der Waals surface area contributed by atoms with E-state index in [1.807, 2.05) is 0 Å². The summed E-state index contributed by atoms with van der Waals surface area (Å²) >= 11 is 0.